The molecule has 98 valence electrons. The molecule has 0 saturated heterocycles. The zero-order valence-corrected chi connectivity index (χ0v) is 10.5. The highest BCUT2D eigenvalue weighted by molar-refractivity contribution is 7.87. The average molecular weight is 310 g/mol. The van der Waals surface area contributed by atoms with Crippen LogP contribution in [-0.4, -0.2) is 19.7 Å². The van der Waals surface area contributed by atoms with Gasteiger partial charge in [-0.3, -0.25) is 8.75 Å². The van der Waals surface area contributed by atoms with Crippen molar-refractivity contribution in [2.75, 3.05) is 6.35 Å². The average Bonchev–Trinajstić information content (AvgIpc) is 2.63. The molecule has 17 heavy (non-hydrogen) atoms. The summed E-state index contributed by atoms with van der Waals surface area (Å²) >= 11 is 0.201. The third-order valence-corrected chi connectivity index (χ3v) is 4.49. The number of hydrogen-bond acceptors (Lipinski definition) is 5. The fraction of sp³-hybridized carbons (Fsp3) is 0.333. The fourth-order valence-corrected chi connectivity index (χ4v) is 3.82. The van der Waals surface area contributed by atoms with Gasteiger partial charge in [-0.25, -0.2) is 0 Å². The van der Waals surface area contributed by atoms with Crippen LogP contribution in [0.5, 0.6) is 0 Å². The lowest BCUT2D eigenvalue weighted by molar-refractivity contribution is -0.136. The molecule has 1 aromatic rings. The van der Waals surface area contributed by atoms with Gasteiger partial charge in [-0.2, -0.15) is 21.6 Å². The van der Waals surface area contributed by atoms with E-state index in [1.165, 1.54) is 0 Å². The number of hydrogen-bond donors (Lipinski definition) is 1. The van der Waals surface area contributed by atoms with Gasteiger partial charge in [-0.1, -0.05) is 0 Å². The monoisotopic (exact) mass is 310 g/mol. The minimum Gasteiger partial charge on any atom is -0.345 e. The van der Waals surface area contributed by atoms with Gasteiger partial charge in [-0.15, -0.1) is 11.3 Å². The molecule has 0 bridgehead atoms. The van der Waals surface area contributed by atoms with Crippen LogP contribution in [0.4, 0.5) is 13.2 Å². The van der Waals surface area contributed by atoms with E-state index in [0.29, 0.717) is 0 Å². The van der Waals surface area contributed by atoms with Crippen molar-refractivity contribution in [1.29, 1.82) is 0 Å². The molecule has 5 nitrogen and oxygen atoms in total. The first-order valence-corrected chi connectivity index (χ1v) is 7.75. The van der Waals surface area contributed by atoms with Crippen LogP contribution in [0.1, 0.15) is 4.88 Å². The molecule has 1 rings (SSSR count). The SMILES string of the molecule is O=[PH](O)COS(=O)(=O)c1ccsc1C(F)(F)F. The highest BCUT2D eigenvalue weighted by atomic mass is 32.2. The Bertz CT molecular complexity index is 520. The largest absolute Gasteiger partial charge is 0.426 e. The summed E-state index contributed by atoms with van der Waals surface area (Å²) in [5.74, 6) is 0. The van der Waals surface area contributed by atoms with Crippen molar-refractivity contribution < 1.29 is 35.2 Å². The van der Waals surface area contributed by atoms with E-state index in [1.54, 1.807) is 0 Å². The first-order chi connectivity index (χ1) is 7.64. The van der Waals surface area contributed by atoms with Crippen LogP contribution in [0.15, 0.2) is 16.3 Å². The second-order valence-corrected chi connectivity index (χ2v) is 6.30. The molecule has 0 aliphatic heterocycles. The molecule has 1 unspecified atom stereocenters. The number of rotatable bonds is 4. The molecular weight excluding hydrogens is 304 g/mol. The molecule has 0 saturated carbocycles. The van der Waals surface area contributed by atoms with Crippen LogP contribution >= 0.6 is 19.4 Å². The Hall–Kier alpha value is -0.410. The molecule has 0 aromatic carbocycles. The summed E-state index contributed by atoms with van der Waals surface area (Å²) in [6, 6.07) is 0.734. The van der Waals surface area contributed by atoms with E-state index in [4.69, 9.17) is 4.89 Å². The second kappa shape index (κ2) is 5.07. The third kappa shape index (κ3) is 3.78. The molecule has 1 N–H and O–H groups in total. The minimum atomic E-state index is -4.82. The molecule has 1 heterocycles. The molecule has 0 fully saturated rings. The lowest BCUT2D eigenvalue weighted by Gasteiger charge is -2.07. The van der Waals surface area contributed by atoms with E-state index < -0.39 is 40.4 Å². The van der Waals surface area contributed by atoms with Crippen molar-refractivity contribution in [2.24, 2.45) is 0 Å². The van der Waals surface area contributed by atoms with Crippen molar-refractivity contribution in [3.05, 3.63) is 16.3 Å². The van der Waals surface area contributed by atoms with Crippen molar-refractivity contribution in [3.8, 4) is 0 Å². The lowest BCUT2D eigenvalue weighted by Crippen LogP contribution is -2.12. The molecule has 0 aliphatic rings. The predicted octanol–water partition coefficient (Wildman–Crippen LogP) is 1.90. The molecule has 1 aromatic heterocycles. The molecule has 0 amide bonds. The first kappa shape index (κ1) is 14.7. The van der Waals surface area contributed by atoms with E-state index in [2.05, 4.69) is 4.18 Å². The van der Waals surface area contributed by atoms with Crippen molar-refractivity contribution in [2.45, 2.75) is 11.1 Å². The Balaban J connectivity index is 3.08. The van der Waals surface area contributed by atoms with Crippen molar-refractivity contribution in [1.82, 2.24) is 0 Å². The summed E-state index contributed by atoms with van der Waals surface area (Å²) in [5, 5.41) is 0.946. The van der Waals surface area contributed by atoms with Gasteiger partial charge in [0.2, 0.25) is 8.03 Å². The zero-order valence-electron chi connectivity index (χ0n) is 7.89. The Labute approximate surface area is 98.8 Å². The summed E-state index contributed by atoms with van der Waals surface area (Å²) in [7, 11) is -7.90. The van der Waals surface area contributed by atoms with Crippen molar-refractivity contribution in [3.63, 3.8) is 0 Å². The van der Waals surface area contributed by atoms with Gasteiger partial charge in [-0.05, 0) is 11.4 Å². The first-order valence-electron chi connectivity index (χ1n) is 3.90. The lowest BCUT2D eigenvalue weighted by atomic mass is 10.5. The van der Waals surface area contributed by atoms with E-state index in [9.17, 15) is 26.2 Å². The highest BCUT2D eigenvalue weighted by Crippen LogP contribution is 2.38. The molecule has 0 spiro atoms. The Morgan fingerprint density at radius 3 is 2.53 bits per heavy atom. The molecular formula is C6H6F3O5PS2. The van der Waals surface area contributed by atoms with Crippen LogP contribution in [-0.2, 0) is 25.0 Å². The maximum absolute atomic E-state index is 12.4. The molecule has 1 atom stereocenters. The Kier molecular flexibility index (Phi) is 4.37. The van der Waals surface area contributed by atoms with Crippen molar-refractivity contribution >= 4 is 29.5 Å². The summed E-state index contributed by atoms with van der Waals surface area (Å²) in [4.78, 5) is 6.01. The topological polar surface area (TPSA) is 80.7 Å². The molecule has 0 radical (unpaired) electrons. The summed E-state index contributed by atoms with van der Waals surface area (Å²) in [6.45, 7) is 0. The standard InChI is InChI=1S/C6H6F3O5PS2/c7-6(8,9)5-4(1-2-16-5)17(12,13)14-3-15(10)11/h1-2,15H,3H2,(H,10,11). The van der Waals surface area contributed by atoms with Crippen LogP contribution in [0.3, 0.4) is 0 Å². The van der Waals surface area contributed by atoms with E-state index in [-0.39, 0.29) is 11.3 Å². The predicted molar refractivity (Wildman–Crippen MR) is 53.7 cm³/mol. The van der Waals surface area contributed by atoms with Crippen LogP contribution in [0.2, 0.25) is 0 Å². The van der Waals surface area contributed by atoms with Gasteiger partial charge in [0, 0.05) is 0 Å². The van der Waals surface area contributed by atoms with Gasteiger partial charge in [0.1, 0.15) is 16.1 Å². The van der Waals surface area contributed by atoms with Gasteiger partial charge < -0.3 is 4.89 Å². The maximum atomic E-state index is 12.4. The van der Waals surface area contributed by atoms with Gasteiger partial charge in [0.25, 0.3) is 10.1 Å². The zero-order chi connectivity index (χ0) is 13.3. The van der Waals surface area contributed by atoms with Gasteiger partial charge in [0.05, 0.1) is 0 Å². The van der Waals surface area contributed by atoms with Gasteiger partial charge >= 0.3 is 6.18 Å². The quantitative estimate of drug-likeness (QED) is 0.678. The summed E-state index contributed by atoms with van der Waals surface area (Å²) < 4.78 is 74.1. The normalized spacial score (nSPS) is 14.8. The highest BCUT2D eigenvalue weighted by Gasteiger charge is 2.39. The van der Waals surface area contributed by atoms with Crippen LogP contribution in [0, 0.1) is 0 Å². The Morgan fingerprint density at radius 2 is 2.06 bits per heavy atom. The number of alkyl halides is 3. The summed E-state index contributed by atoms with van der Waals surface area (Å²) in [6.07, 6.45) is -5.86. The van der Waals surface area contributed by atoms with Crippen LogP contribution in [0.25, 0.3) is 0 Å². The number of halogens is 3. The van der Waals surface area contributed by atoms with E-state index >= 15 is 0 Å². The fourth-order valence-electron chi connectivity index (χ4n) is 0.892. The second-order valence-electron chi connectivity index (χ2n) is 2.72. The van der Waals surface area contributed by atoms with E-state index in [1.807, 2.05) is 0 Å². The van der Waals surface area contributed by atoms with Crippen LogP contribution < -0.4 is 0 Å². The summed E-state index contributed by atoms with van der Waals surface area (Å²) in [5.41, 5.74) is 0. The van der Waals surface area contributed by atoms with E-state index in [0.717, 1.165) is 11.4 Å². The van der Waals surface area contributed by atoms with Gasteiger partial charge in [0.15, 0.2) is 0 Å². The minimum absolute atomic E-state index is 0.201. The molecule has 0 aliphatic carbocycles. The molecule has 11 heteroatoms. The smallest absolute Gasteiger partial charge is 0.345 e. The Morgan fingerprint density at radius 1 is 1.47 bits per heavy atom. The third-order valence-electron chi connectivity index (χ3n) is 1.49. The number of thiophene rings is 1. The maximum Gasteiger partial charge on any atom is 0.426 e.